The molecule has 4 rings (SSSR count). The minimum Gasteiger partial charge on any atom is -0.360 e. The Balaban J connectivity index is 1.65. The van der Waals surface area contributed by atoms with E-state index in [0.717, 1.165) is 4.88 Å². The van der Waals surface area contributed by atoms with Gasteiger partial charge in [0.1, 0.15) is 6.17 Å². The predicted octanol–water partition coefficient (Wildman–Crippen LogP) is 3.82. The van der Waals surface area contributed by atoms with Crippen LogP contribution in [0.25, 0.3) is 0 Å². The summed E-state index contributed by atoms with van der Waals surface area (Å²) >= 11 is 1.59. The number of non-ortho nitro benzene ring substituents is 1. The van der Waals surface area contributed by atoms with Crippen LogP contribution >= 0.6 is 11.3 Å². The number of fused-ring (bicyclic) bond motifs is 1. The third-order valence-electron chi connectivity index (χ3n) is 4.19. The Hall–Kier alpha value is -3.26. The van der Waals surface area contributed by atoms with E-state index >= 15 is 0 Å². The number of nitro groups is 1. The minimum absolute atomic E-state index is 0.0204. The molecule has 0 radical (unpaired) electrons. The van der Waals surface area contributed by atoms with Gasteiger partial charge < -0.3 is 10.2 Å². The fourth-order valence-electron chi connectivity index (χ4n) is 2.95. The standard InChI is InChI=1S/C18H14N4O3S/c23-18-15-4-1-9-19-16(15)17(21(18)11-14-3-2-10-26-14)20-12-5-7-13(8-6-12)22(24)25/h1-10,17,20H,11H2. The summed E-state index contributed by atoms with van der Waals surface area (Å²) in [6.07, 6.45) is 1.23. The largest absolute Gasteiger partial charge is 0.360 e. The maximum Gasteiger partial charge on any atom is 0.269 e. The van der Waals surface area contributed by atoms with Crippen LogP contribution in [0.4, 0.5) is 11.4 Å². The number of amides is 1. The van der Waals surface area contributed by atoms with Crippen molar-refractivity contribution < 1.29 is 9.72 Å². The molecule has 2 aromatic heterocycles. The van der Waals surface area contributed by atoms with Crippen LogP contribution in [-0.4, -0.2) is 20.7 Å². The number of hydrogen-bond acceptors (Lipinski definition) is 6. The number of thiophene rings is 1. The molecule has 0 bridgehead atoms. The van der Waals surface area contributed by atoms with Crippen molar-refractivity contribution in [1.82, 2.24) is 9.88 Å². The normalized spacial score (nSPS) is 15.8. The van der Waals surface area contributed by atoms with Gasteiger partial charge in [-0.3, -0.25) is 19.9 Å². The number of aromatic nitrogens is 1. The van der Waals surface area contributed by atoms with Gasteiger partial charge in [0, 0.05) is 28.9 Å². The highest BCUT2D eigenvalue weighted by atomic mass is 32.1. The van der Waals surface area contributed by atoms with Crippen molar-refractivity contribution in [2.75, 3.05) is 5.32 Å². The van der Waals surface area contributed by atoms with Gasteiger partial charge in [0.2, 0.25) is 0 Å². The summed E-state index contributed by atoms with van der Waals surface area (Å²) in [5.41, 5.74) is 1.94. The molecular formula is C18H14N4O3S. The molecule has 0 spiro atoms. The molecule has 0 saturated carbocycles. The first-order valence-electron chi connectivity index (χ1n) is 7.93. The van der Waals surface area contributed by atoms with Gasteiger partial charge in [-0.15, -0.1) is 11.3 Å². The maximum atomic E-state index is 12.8. The zero-order valence-corrected chi connectivity index (χ0v) is 14.3. The number of benzene rings is 1. The van der Waals surface area contributed by atoms with Crippen LogP contribution in [0, 0.1) is 10.1 Å². The molecule has 8 heteroatoms. The minimum atomic E-state index is -0.442. The number of rotatable bonds is 5. The van der Waals surface area contributed by atoms with Crippen molar-refractivity contribution in [2.45, 2.75) is 12.7 Å². The highest BCUT2D eigenvalue weighted by Gasteiger charge is 2.38. The van der Waals surface area contributed by atoms with Gasteiger partial charge in [-0.05, 0) is 35.7 Å². The third kappa shape index (κ3) is 2.91. The van der Waals surface area contributed by atoms with E-state index in [4.69, 9.17) is 0 Å². The molecule has 3 heterocycles. The van der Waals surface area contributed by atoms with Crippen LogP contribution in [0.2, 0.25) is 0 Å². The average molecular weight is 366 g/mol. The smallest absolute Gasteiger partial charge is 0.269 e. The van der Waals surface area contributed by atoms with Crippen molar-refractivity contribution in [3.05, 3.63) is 86.4 Å². The lowest BCUT2D eigenvalue weighted by Gasteiger charge is -2.26. The molecule has 0 aliphatic carbocycles. The van der Waals surface area contributed by atoms with Crippen molar-refractivity contribution in [1.29, 1.82) is 0 Å². The van der Waals surface area contributed by atoms with Crippen LogP contribution in [0.1, 0.15) is 27.1 Å². The lowest BCUT2D eigenvalue weighted by atomic mass is 10.2. The van der Waals surface area contributed by atoms with Crippen molar-refractivity contribution >= 4 is 28.6 Å². The summed E-state index contributed by atoms with van der Waals surface area (Å²) < 4.78 is 0. The molecule has 3 aromatic rings. The molecule has 0 saturated heterocycles. The monoisotopic (exact) mass is 366 g/mol. The van der Waals surface area contributed by atoms with E-state index in [1.807, 2.05) is 17.5 Å². The van der Waals surface area contributed by atoms with Gasteiger partial charge in [-0.1, -0.05) is 6.07 Å². The molecule has 26 heavy (non-hydrogen) atoms. The second kappa shape index (κ2) is 6.57. The Labute approximate surface area is 153 Å². The van der Waals surface area contributed by atoms with E-state index in [1.165, 1.54) is 12.1 Å². The number of anilines is 1. The van der Waals surface area contributed by atoms with E-state index < -0.39 is 11.1 Å². The number of nitrogens with zero attached hydrogens (tertiary/aromatic N) is 3. The zero-order valence-electron chi connectivity index (χ0n) is 13.5. The molecule has 130 valence electrons. The van der Waals surface area contributed by atoms with Crippen molar-refractivity contribution in [2.24, 2.45) is 0 Å². The first kappa shape index (κ1) is 16.2. The summed E-state index contributed by atoms with van der Waals surface area (Å²) in [5.74, 6) is -0.0825. The van der Waals surface area contributed by atoms with Gasteiger partial charge in [-0.25, -0.2) is 0 Å². The Morgan fingerprint density at radius 3 is 2.69 bits per heavy atom. The van der Waals surface area contributed by atoms with Crippen LogP contribution < -0.4 is 5.32 Å². The van der Waals surface area contributed by atoms with Crippen LogP contribution in [0.3, 0.4) is 0 Å². The molecule has 1 N–H and O–H groups in total. The second-order valence-corrected chi connectivity index (χ2v) is 6.83. The number of carbonyl (C=O) groups is 1. The van der Waals surface area contributed by atoms with Gasteiger partial charge in [0.15, 0.2) is 0 Å². The summed E-state index contributed by atoms with van der Waals surface area (Å²) in [5, 5.41) is 16.1. The van der Waals surface area contributed by atoms with Gasteiger partial charge >= 0.3 is 0 Å². The SMILES string of the molecule is O=C1c2cccnc2C(Nc2ccc([N+](=O)[O-])cc2)N1Cc1cccs1. The van der Waals surface area contributed by atoms with E-state index in [0.29, 0.717) is 23.5 Å². The van der Waals surface area contributed by atoms with Gasteiger partial charge in [0.25, 0.3) is 11.6 Å². The number of hydrogen-bond donors (Lipinski definition) is 1. The fourth-order valence-corrected chi connectivity index (χ4v) is 3.66. The lowest BCUT2D eigenvalue weighted by Crippen LogP contribution is -2.31. The molecule has 1 unspecified atom stereocenters. The summed E-state index contributed by atoms with van der Waals surface area (Å²) in [4.78, 5) is 30.4. The third-order valence-corrected chi connectivity index (χ3v) is 5.05. The van der Waals surface area contributed by atoms with E-state index in [2.05, 4.69) is 10.3 Å². The topological polar surface area (TPSA) is 88.4 Å². The highest BCUT2D eigenvalue weighted by Crippen LogP contribution is 2.34. The number of nitro benzene ring substituents is 1. The average Bonchev–Trinajstić information content (AvgIpc) is 3.25. The first-order chi connectivity index (χ1) is 12.6. The Morgan fingerprint density at radius 1 is 1.19 bits per heavy atom. The molecule has 1 aromatic carbocycles. The Kier molecular flexibility index (Phi) is 4.10. The fraction of sp³-hybridized carbons (Fsp3) is 0.111. The molecule has 0 fully saturated rings. The summed E-state index contributed by atoms with van der Waals surface area (Å²) in [6.45, 7) is 0.470. The van der Waals surface area contributed by atoms with Crippen LogP contribution in [0.15, 0.2) is 60.1 Å². The van der Waals surface area contributed by atoms with Gasteiger partial charge in [0.05, 0.1) is 22.7 Å². The maximum absolute atomic E-state index is 12.8. The molecular weight excluding hydrogens is 352 g/mol. The quantitative estimate of drug-likeness (QED) is 0.548. The highest BCUT2D eigenvalue weighted by molar-refractivity contribution is 7.09. The molecule has 1 amide bonds. The first-order valence-corrected chi connectivity index (χ1v) is 8.81. The molecule has 1 atom stereocenters. The molecule has 1 aliphatic heterocycles. The summed E-state index contributed by atoms with van der Waals surface area (Å²) in [7, 11) is 0. The van der Waals surface area contributed by atoms with E-state index in [1.54, 1.807) is 46.7 Å². The second-order valence-electron chi connectivity index (χ2n) is 5.80. The molecule has 1 aliphatic rings. The Morgan fingerprint density at radius 2 is 2.00 bits per heavy atom. The van der Waals surface area contributed by atoms with Crippen molar-refractivity contribution in [3.63, 3.8) is 0 Å². The van der Waals surface area contributed by atoms with E-state index in [9.17, 15) is 14.9 Å². The van der Waals surface area contributed by atoms with Crippen LogP contribution in [-0.2, 0) is 6.54 Å². The predicted molar refractivity (Wildman–Crippen MR) is 97.9 cm³/mol. The van der Waals surface area contributed by atoms with Gasteiger partial charge in [-0.2, -0.15) is 0 Å². The van der Waals surface area contributed by atoms with Crippen molar-refractivity contribution in [3.8, 4) is 0 Å². The summed E-state index contributed by atoms with van der Waals surface area (Å²) in [6, 6.07) is 13.6. The zero-order chi connectivity index (χ0) is 18.1. The number of nitrogens with one attached hydrogen (secondary N) is 1. The van der Waals surface area contributed by atoms with Crippen LogP contribution in [0.5, 0.6) is 0 Å². The Bertz CT molecular complexity index is 957. The van der Waals surface area contributed by atoms with E-state index in [-0.39, 0.29) is 11.6 Å². The molecule has 7 nitrogen and oxygen atoms in total. The number of carbonyl (C=O) groups excluding carboxylic acids is 1. The lowest BCUT2D eigenvalue weighted by molar-refractivity contribution is -0.384. The number of pyridine rings is 1.